The second-order valence-corrected chi connectivity index (χ2v) is 7.48. The highest BCUT2D eigenvalue weighted by atomic mass is 16.5. The lowest BCUT2D eigenvalue weighted by molar-refractivity contribution is -0.116. The van der Waals surface area contributed by atoms with Gasteiger partial charge in [-0.1, -0.05) is 38.3 Å². The molecule has 2 aliphatic rings. The minimum Gasteiger partial charge on any atom is -0.360 e. The Kier molecular flexibility index (Phi) is 4.01. The van der Waals surface area contributed by atoms with E-state index in [1.54, 1.807) is 0 Å². The molecular formula is C18H24N4O3. The van der Waals surface area contributed by atoms with Crippen molar-refractivity contribution in [3.05, 3.63) is 33.4 Å². The van der Waals surface area contributed by atoms with Gasteiger partial charge in [-0.05, 0) is 18.8 Å². The molecule has 0 aromatic carbocycles. The van der Waals surface area contributed by atoms with E-state index in [-0.39, 0.29) is 35.8 Å². The molecule has 7 heteroatoms. The Morgan fingerprint density at radius 1 is 1.24 bits per heavy atom. The molecule has 4 rings (SSSR count). The predicted molar refractivity (Wildman–Crippen MR) is 92.9 cm³/mol. The highest BCUT2D eigenvalue weighted by Gasteiger charge is 2.36. The van der Waals surface area contributed by atoms with Crippen LogP contribution < -0.4 is 10.9 Å². The van der Waals surface area contributed by atoms with Gasteiger partial charge in [-0.3, -0.25) is 19.4 Å². The zero-order chi connectivity index (χ0) is 17.6. The van der Waals surface area contributed by atoms with Gasteiger partial charge in [-0.25, -0.2) is 0 Å². The number of hydrogen-bond donors (Lipinski definition) is 2. The van der Waals surface area contributed by atoms with E-state index in [0.717, 1.165) is 31.4 Å². The van der Waals surface area contributed by atoms with Crippen molar-refractivity contribution in [2.45, 2.75) is 70.3 Å². The topological polar surface area (TPSA) is 92.9 Å². The van der Waals surface area contributed by atoms with E-state index in [1.807, 2.05) is 24.6 Å². The minimum absolute atomic E-state index is 0.0939. The summed E-state index contributed by atoms with van der Waals surface area (Å²) in [4.78, 5) is 25.0. The van der Waals surface area contributed by atoms with Gasteiger partial charge < -0.3 is 9.84 Å². The summed E-state index contributed by atoms with van der Waals surface area (Å²) in [5.74, 6) is 0.966. The normalized spacial score (nSPS) is 21.4. The summed E-state index contributed by atoms with van der Waals surface area (Å²) in [6.45, 7) is 4.07. The van der Waals surface area contributed by atoms with Crippen LogP contribution in [0.5, 0.6) is 0 Å². The fraction of sp³-hybridized carbons (Fsp3) is 0.611. The lowest BCUT2D eigenvalue weighted by Gasteiger charge is -2.27. The van der Waals surface area contributed by atoms with E-state index in [2.05, 4.69) is 15.6 Å². The van der Waals surface area contributed by atoms with Crippen LogP contribution in [0.1, 0.15) is 87.3 Å². The van der Waals surface area contributed by atoms with Crippen LogP contribution in [0.2, 0.25) is 0 Å². The molecule has 0 radical (unpaired) electrons. The quantitative estimate of drug-likeness (QED) is 0.894. The molecule has 134 valence electrons. The molecule has 2 aromatic heterocycles. The van der Waals surface area contributed by atoms with Crippen molar-refractivity contribution in [2.75, 3.05) is 5.32 Å². The summed E-state index contributed by atoms with van der Waals surface area (Å²) in [6, 6.07) is 2.11. The van der Waals surface area contributed by atoms with E-state index in [0.29, 0.717) is 17.1 Å². The number of aromatic nitrogens is 3. The van der Waals surface area contributed by atoms with Crippen molar-refractivity contribution in [1.82, 2.24) is 14.9 Å². The number of rotatable bonds is 3. The van der Waals surface area contributed by atoms with Crippen LogP contribution in [0, 0.1) is 0 Å². The van der Waals surface area contributed by atoms with Crippen molar-refractivity contribution in [3.63, 3.8) is 0 Å². The van der Waals surface area contributed by atoms with E-state index in [1.165, 1.54) is 6.42 Å². The molecule has 1 amide bonds. The van der Waals surface area contributed by atoms with E-state index in [4.69, 9.17) is 4.52 Å². The first-order chi connectivity index (χ1) is 12.0. The third-order valence-electron chi connectivity index (χ3n) is 5.38. The molecule has 1 unspecified atom stereocenters. The van der Waals surface area contributed by atoms with E-state index in [9.17, 15) is 9.59 Å². The standard InChI is InChI=1S/C18H24N4O3/c1-10(2)13-9-14(25-21-13)12-8-15(23)19-17-16(12)18(24)20-22(17)11-6-4-3-5-7-11/h9-12H,3-8H2,1-2H3,(H,19,23)(H,20,24). The lowest BCUT2D eigenvalue weighted by Crippen LogP contribution is -2.27. The molecule has 0 saturated heterocycles. The van der Waals surface area contributed by atoms with E-state index < -0.39 is 0 Å². The molecule has 0 bridgehead atoms. The zero-order valence-corrected chi connectivity index (χ0v) is 14.7. The number of nitrogens with zero attached hydrogens (tertiary/aromatic N) is 2. The number of nitrogens with one attached hydrogen (secondary N) is 2. The highest BCUT2D eigenvalue weighted by molar-refractivity contribution is 5.94. The molecule has 1 aliphatic carbocycles. The van der Waals surface area contributed by atoms with Crippen LogP contribution in [0.3, 0.4) is 0 Å². The second-order valence-electron chi connectivity index (χ2n) is 7.48. The van der Waals surface area contributed by atoms with E-state index >= 15 is 0 Å². The molecule has 7 nitrogen and oxygen atoms in total. The van der Waals surface area contributed by atoms with Crippen molar-refractivity contribution >= 4 is 11.7 Å². The van der Waals surface area contributed by atoms with Gasteiger partial charge in [-0.2, -0.15) is 0 Å². The number of fused-ring (bicyclic) bond motifs is 1. The van der Waals surface area contributed by atoms with Crippen LogP contribution in [0.15, 0.2) is 15.4 Å². The van der Waals surface area contributed by atoms with Gasteiger partial charge in [0, 0.05) is 12.5 Å². The highest BCUT2D eigenvalue weighted by Crippen LogP contribution is 2.38. The van der Waals surface area contributed by atoms with Crippen LogP contribution in [-0.4, -0.2) is 20.8 Å². The van der Waals surface area contributed by atoms with Crippen molar-refractivity contribution in [2.24, 2.45) is 0 Å². The first-order valence-electron chi connectivity index (χ1n) is 9.15. The van der Waals surface area contributed by atoms with Gasteiger partial charge in [0.15, 0.2) is 0 Å². The van der Waals surface area contributed by atoms with Crippen molar-refractivity contribution in [1.29, 1.82) is 0 Å². The Bertz CT molecular complexity index is 839. The zero-order valence-electron chi connectivity index (χ0n) is 14.7. The van der Waals surface area contributed by atoms with Gasteiger partial charge >= 0.3 is 0 Å². The molecule has 25 heavy (non-hydrogen) atoms. The Balaban J connectivity index is 1.76. The maximum Gasteiger partial charge on any atom is 0.270 e. The Hall–Kier alpha value is -2.31. The summed E-state index contributed by atoms with van der Waals surface area (Å²) < 4.78 is 7.36. The Morgan fingerprint density at radius 2 is 2.00 bits per heavy atom. The number of H-pyrrole nitrogens is 1. The Morgan fingerprint density at radius 3 is 2.68 bits per heavy atom. The summed E-state index contributed by atoms with van der Waals surface area (Å²) in [5, 5.41) is 9.96. The number of aromatic amines is 1. The monoisotopic (exact) mass is 344 g/mol. The van der Waals surface area contributed by atoms with Gasteiger partial charge in [0.05, 0.1) is 23.2 Å². The fourth-order valence-corrected chi connectivity index (χ4v) is 3.98. The summed E-state index contributed by atoms with van der Waals surface area (Å²) >= 11 is 0. The van der Waals surface area contributed by atoms with Gasteiger partial charge in [-0.15, -0.1) is 0 Å². The van der Waals surface area contributed by atoms with Gasteiger partial charge in [0.25, 0.3) is 5.56 Å². The second kappa shape index (κ2) is 6.20. The maximum absolute atomic E-state index is 12.7. The average molecular weight is 344 g/mol. The largest absolute Gasteiger partial charge is 0.360 e. The Labute approximate surface area is 145 Å². The van der Waals surface area contributed by atoms with Crippen LogP contribution >= 0.6 is 0 Å². The summed E-state index contributed by atoms with van der Waals surface area (Å²) in [6.07, 6.45) is 5.79. The van der Waals surface area contributed by atoms with Crippen LogP contribution in [-0.2, 0) is 4.79 Å². The first kappa shape index (κ1) is 16.2. The SMILES string of the molecule is CC(C)c1cc(C2CC(=O)Nc3c2c(=O)[nH]n3C2CCCCC2)on1. The van der Waals surface area contributed by atoms with Gasteiger partial charge in [0.2, 0.25) is 5.91 Å². The fourth-order valence-electron chi connectivity index (χ4n) is 3.98. The van der Waals surface area contributed by atoms with Gasteiger partial charge in [0.1, 0.15) is 11.6 Å². The van der Waals surface area contributed by atoms with Crippen molar-refractivity contribution < 1.29 is 9.32 Å². The molecule has 1 atom stereocenters. The maximum atomic E-state index is 12.7. The number of carbonyl (C=O) groups excluding carboxylic acids is 1. The average Bonchev–Trinajstić information content (AvgIpc) is 3.21. The smallest absolute Gasteiger partial charge is 0.270 e. The molecule has 1 aliphatic heterocycles. The first-order valence-corrected chi connectivity index (χ1v) is 9.15. The summed E-state index contributed by atoms with van der Waals surface area (Å²) in [5.41, 5.74) is 1.29. The predicted octanol–water partition coefficient (Wildman–Crippen LogP) is 3.27. The molecule has 0 spiro atoms. The molecule has 1 fully saturated rings. The molecule has 3 heterocycles. The number of anilines is 1. The van der Waals surface area contributed by atoms with Crippen LogP contribution in [0.4, 0.5) is 5.82 Å². The number of amides is 1. The molecule has 1 saturated carbocycles. The molecule has 2 aromatic rings. The number of carbonyl (C=O) groups is 1. The van der Waals surface area contributed by atoms with Crippen molar-refractivity contribution in [3.8, 4) is 0 Å². The lowest BCUT2D eigenvalue weighted by atomic mass is 9.90. The van der Waals surface area contributed by atoms with Crippen LogP contribution in [0.25, 0.3) is 0 Å². The third kappa shape index (κ3) is 2.81. The minimum atomic E-state index is -0.377. The molecular weight excluding hydrogens is 320 g/mol. The molecule has 2 N–H and O–H groups in total. The summed E-state index contributed by atoms with van der Waals surface area (Å²) in [7, 11) is 0. The third-order valence-corrected chi connectivity index (χ3v) is 5.38. The number of hydrogen-bond acceptors (Lipinski definition) is 4.